The van der Waals surface area contributed by atoms with E-state index in [1.165, 1.54) is 11.3 Å². The molecule has 1 amide bonds. The third kappa shape index (κ3) is 5.03. The molecule has 0 saturated carbocycles. The lowest BCUT2D eigenvalue weighted by Crippen LogP contribution is -2.32. The summed E-state index contributed by atoms with van der Waals surface area (Å²) in [5, 5.41) is 2.92. The predicted octanol–water partition coefficient (Wildman–Crippen LogP) is 1.05. The normalized spacial score (nSPS) is 10.2. The van der Waals surface area contributed by atoms with E-state index < -0.39 is 0 Å². The Morgan fingerprint density at radius 3 is 2.95 bits per heavy atom. The summed E-state index contributed by atoms with van der Waals surface area (Å²) in [6.45, 7) is 6.87. The molecule has 0 bridgehead atoms. The van der Waals surface area contributed by atoms with E-state index in [1.807, 2.05) is 20.0 Å². The Labute approximate surface area is 119 Å². The molecule has 1 rings (SSSR count). The number of thiophene rings is 1. The average Bonchev–Trinajstić information content (AvgIpc) is 2.77. The van der Waals surface area contributed by atoms with Crippen molar-refractivity contribution in [1.29, 1.82) is 0 Å². The van der Waals surface area contributed by atoms with Crippen LogP contribution in [-0.2, 0) is 0 Å². The minimum absolute atomic E-state index is 0.0293. The van der Waals surface area contributed by atoms with Gasteiger partial charge in [0.05, 0.1) is 16.3 Å². The first-order valence-electron chi connectivity index (χ1n) is 6.34. The Bertz CT molecular complexity index is 485. The second-order valence-electron chi connectivity index (χ2n) is 4.28. The highest BCUT2D eigenvalue weighted by Crippen LogP contribution is 2.20. The van der Waals surface area contributed by atoms with Crippen LogP contribution >= 0.6 is 11.3 Å². The van der Waals surface area contributed by atoms with Crippen molar-refractivity contribution in [3.8, 4) is 11.8 Å². The van der Waals surface area contributed by atoms with Crippen LogP contribution in [0.5, 0.6) is 0 Å². The van der Waals surface area contributed by atoms with Gasteiger partial charge in [-0.15, -0.1) is 11.3 Å². The van der Waals surface area contributed by atoms with Gasteiger partial charge >= 0.3 is 0 Å². The van der Waals surface area contributed by atoms with Crippen LogP contribution in [0, 0.1) is 18.8 Å². The maximum absolute atomic E-state index is 12.0. The molecular formula is C14H21N3OS. The summed E-state index contributed by atoms with van der Waals surface area (Å²) >= 11 is 1.42. The molecule has 0 aliphatic heterocycles. The second kappa shape index (κ2) is 7.95. The third-order valence-electron chi connectivity index (χ3n) is 2.76. The highest BCUT2D eigenvalue weighted by atomic mass is 32.1. The van der Waals surface area contributed by atoms with Crippen molar-refractivity contribution in [2.75, 3.05) is 33.2 Å². The highest BCUT2D eigenvalue weighted by molar-refractivity contribution is 7.14. The molecule has 0 unspecified atom stereocenters. The van der Waals surface area contributed by atoms with E-state index in [0.29, 0.717) is 18.0 Å². The fourth-order valence-corrected chi connectivity index (χ4v) is 2.42. The van der Waals surface area contributed by atoms with E-state index >= 15 is 0 Å². The maximum Gasteiger partial charge on any atom is 0.261 e. The molecule has 1 aromatic heterocycles. The van der Waals surface area contributed by atoms with Gasteiger partial charge in [-0.1, -0.05) is 18.8 Å². The zero-order valence-electron chi connectivity index (χ0n) is 11.7. The van der Waals surface area contributed by atoms with E-state index in [9.17, 15) is 4.79 Å². The van der Waals surface area contributed by atoms with Gasteiger partial charge in [0.25, 0.3) is 5.91 Å². The van der Waals surface area contributed by atoms with E-state index in [2.05, 4.69) is 29.0 Å². The number of carbonyl (C=O) groups is 1. The number of amides is 1. The summed E-state index contributed by atoms with van der Waals surface area (Å²) in [6.07, 6.45) is 0. The molecule has 4 nitrogen and oxygen atoms in total. The van der Waals surface area contributed by atoms with Gasteiger partial charge in [-0.25, -0.2) is 0 Å². The molecule has 3 N–H and O–H groups in total. The van der Waals surface area contributed by atoms with Crippen LogP contribution in [0.15, 0.2) is 6.07 Å². The third-order valence-corrected chi connectivity index (χ3v) is 3.92. The topological polar surface area (TPSA) is 58.4 Å². The van der Waals surface area contributed by atoms with Crippen LogP contribution in [-0.4, -0.2) is 44.0 Å². The molecule has 0 aliphatic carbocycles. The zero-order valence-corrected chi connectivity index (χ0v) is 12.6. The lowest BCUT2D eigenvalue weighted by Gasteiger charge is -2.13. The summed E-state index contributed by atoms with van der Waals surface area (Å²) in [5.74, 6) is 5.77. The summed E-state index contributed by atoms with van der Waals surface area (Å²) in [6, 6.07) is 1.88. The number of nitrogens with one attached hydrogen (secondary N) is 1. The van der Waals surface area contributed by atoms with Gasteiger partial charge in [0, 0.05) is 13.1 Å². The Kier molecular flexibility index (Phi) is 6.57. The lowest BCUT2D eigenvalue weighted by atomic mass is 10.2. The molecule has 19 heavy (non-hydrogen) atoms. The minimum Gasteiger partial charge on any atom is -0.350 e. The van der Waals surface area contributed by atoms with Crippen LogP contribution in [0.2, 0.25) is 0 Å². The van der Waals surface area contributed by atoms with Gasteiger partial charge in [0.1, 0.15) is 0 Å². The Morgan fingerprint density at radius 2 is 2.32 bits per heavy atom. The molecule has 0 atom stereocenters. The second-order valence-corrected chi connectivity index (χ2v) is 5.33. The molecule has 0 radical (unpaired) electrons. The van der Waals surface area contributed by atoms with Crippen molar-refractivity contribution >= 4 is 17.2 Å². The first-order valence-corrected chi connectivity index (χ1v) is 7.16. The molecule has 104 valence electrons. The summed E-state index contributed by atoms with van der Waals surface area (Å²) in [4.78, 5) is 15.7. The average molecular weight is 279 g/mol. The maximum atomic E-state index is 12.0. The number of likely N-dealkylation sites (N-methyl/N-ethyl adjacent to an activating group) is 1. The summed E-state index contributed by atoms with van der Waals surface area (Å²) in [7, 11) is 2.03. The van der Waals surface area contributed by atoms with Crippen molar-refractivity contribution < 1.29 is 4.79 Å². The molecule has 5 heteroatoms. The number of nitrogens with zero attached hydrogens (tertiary/aromatic N) is 1. The van der Waals surface area contributed by atoms with Crippen molar-refractivity contribution in [1.82, 2.24) is 10.2 Å². The Hall–Kier alpha value is -1.35. The van der Waals surface area contributed by atoms with Crippen LogP contribution in [0.3, 0.4) is 0 Å². The van der Waals surface area contributed by atoms with Crippen LogP contribution in [0.1, 0.15) is 27.0 Å². The quantitative estimate of drug-likeness (QED) is 0.792. The van der Waals surface area contributed by atoms with Crippen molar-refractivity contribution in [3.05, 3.63) is 21.4 Å². The summed E-state index contributed by atoms with van der Waals surface area (Å²) < 4.78 is 0. The van der Waals surface area contributed by atoms with Crippen molar-refractivity contribution in [3.63, 3.8) is 0 Å². The largest absolute Gasteiger partial charge is 0.350 e. The zero-order chi connectivity index (χ0) is 14.3. The van der Waals surface area contributed by atoms with E-state index in [4.69, 9.17) is 5.73 Å². The van der Waals surface area contributed by atoms with Crippen LogP contribution in [0.25, 0.3) is 0 Å². The first kappa shape index (κ1) is 15.7. The molecule has 0 spiro atoms. The number of hydrogen-bond acceptors (Lipinski definition) is 4. The van der Waals surface area contributed by atoms with E-state index in [-0.39, 0.29) is 5.91 Å². The number of hydrogen-bond donors (Lipinski definition) is 2. The molecule has 0 aliphatic rings. The standard InChI is InChI=1S/C14H21N3OS/c1-4-17(3)9-8-16-14(18)13-10-11(2)12(19-13)6-5-7-15/h10H,4,7-9,15H2,1-3H3,(H,16,18). The van der Waals surface area contributed by atoms with Gasteiger partial charge in [-0.2, -0.15) is 0 Å². The van der Waals surface area contributed by atoms with Crippen molar-refractivity contribution in [2.24, 2.45) is 5.73 Å². The number of rotatable bonds is 5. The Morgan fingerprint density at radius 1 is 1.58 bits per heavy atom. The fourth-order valence-electron chi connectivity index (χ4n) is 1.45. The molecular weight excluding hydrogens is 258 g/mol. The highest BCUT2D eigenvalue weighted by Gasteiger charge is 2.11. The smallest absolute Gasteiger partial charge is 0.261 e. The molecule has 1 heterocycles. The monoisotopic (exact) mass is 279 g/mol. The number of nitrogens with two attached hydrogens (primary N) is 1. The SMILES string of the molecule is CCN(C)CCNC(=O)c1cc(C)c(C#CCN)s1. The van der Waals surface area contributed by atoms with Gasteiger partial charge in [0.2, 0.25) is 0 Å². The first-order chi connectivity index (χ1) is 9.08. The van der Waals surface area contributed by atoms with Gasteiger partial charge in [-0.05, 0) is 32.1 Å². The molecule has 1 aromatic rings. The van der Waals surface area contributed by atoms with Crippen LogP contribution in [0.4, 0.5) is 0 Å². The number of carbonyl (C=O) groups excluding carboxylic acids is 1. The number of aryl methyl sites for hydroxylation is 1. The van der Waals surface area contributed by atoms with E-state index in [1.54, 1.807) is 0 Å². The van der Waals surface area contributed by atoms with Crippen molar-refractivity contribution in [2.45, 2.75) is 13.8 Å². The lowest BCUT2D eigenvalue weighted by molar-refractivity contribution is 0.0954. The molecule has 0 fully saturated rings. The van der Waals surface area contributed by atoms with Crippen LogP contribution < -0.4 is 11.1 Å². The van der Waals surface area contributed by atoms with Gasteiger partial charge in [0.15, 0.2) is 0 Å². The molecule has 0 aromatic carbocycles. The minimum atomic E-state index is -0.0293. The van der Waals surface area contributed by atoms with E-state index in [0.717, 1.165) is 23.5 Å². The van der Waals surface area contributed by atoms with Gasteiger partial charge < -0.3 is 16.0 Å². The molecule has 0 saturated heterocycles. The predicted molar refractivity (Wildman–Crippen MR) is 80.5 cm³/mol. The Balaban J connectivity index is 2.58. The fraction of sp³-hybridized carbons (Fsp3) is 0.500. The summed E-state index contributed by atoms with van der Waals surface area (Å²) in [5.41, 5.74) is 6.38. The van der Waals surface area contributed by atoms with Gasteiger partial charge in [-0.3, -0.25) is 4.79 Å².